The topological polar surface area (TPSA) is 16.4 Å². The standard InChI is InChI=1S/C16H21NO/c1-12(2)17-9-7-13(8-10-17)16-11-14-5-3-4-6-15(14)18-16/h3-6,11-13H,7-10H2,1-2H3. The molecule has 1 fully saturated rings. The van der Waals surface area contributed by atoms with E-state index in [2.05, 4.69) is 43.0 Å². The summed E-state index contributed by atoms with van der Waals surface area (Å²) < 4.78 is 5.98. The van der Waals surface area contributed by atoms with Crippen LogP contribution >= 0.6 is 0 Å². The lowest BCUT2D eigenvalue weighted by Crippen LogP contribution is -2.37. The summed E-state index contributed by atoms with van der Waals surface area (Å²) in [6, 6.07) is 11.2. The zero-order valence-corrected chi connectivity index (χ0v) is 11.2. The Balaban J connectivity index is 1.76. The second-order valence-corrected chi connectivity index (χ2v) is 5.59. The Labute approximate surface area is 109 Å². The van der Waals surface area contributed by atoms with Gasteiger partial charge in [-0.05, 0) is 51.9 Å². The number of piperidine rings is 1. The van der Waals surface area contributed by atoms with E-state index in [-0.39, 0.29) is 0 Å². The molecular formula is C16H21NO. The van der Waals surface area contributed by atoms with E-state index >= 15 is 0 Å². The first-order valence-electron chi connectivity index (χ1n) is 6.96. The predicted octanol–water partition coefficient (Wildman–Crippen LogP) is 4.02. The number of benzene rings is 1. The fraction of sp³-hybridized carbons (Fsp3) is 0.500. The van der Waals surface area contributed by atoms with Crippen LogP contribution in [0.1, 0.15) is 38.4 Å². The molecule has 96 valence electrons. The van der Waals surface area contributed by atoms with Crippen LogP contribution in [0.25, 0.3) is 11.0 Å². The van der Waals surface area contributed by atoms with Crippen molar-refractivity contribution in [1.29, 1.82) is 0 Å². The van der Waals surface area contributed by atoms with E-state index < -0.39 is 0 Å². The van der Waals surface area contributed by atoms with Crippen LogP contribution in [0.5, 0.6) is 0 Å². The number of hydrogen-bond acceptors (Lipinski definition) is 2. The quantitative estimate of drug-likeness (QED) is 0.792. The van der Waals surface area contributed by atoms with Crippen molar-refractivity contribution in [3.8, 4) is 0 Å². The SMILES string of the molecule is CC(C)N1CCC(c2cc3ccccc3o2)CC1. The van der Waals surface area contributed by atoms with E-state index in [1.165, 1.54) is 37.1 Å². The average molecular weight is 243 g/mol. The average Bonchev–Trinajstić information content (AvgIpc) is 2.82. The molecule has 1 aromatic heterocycles. The molecule has 2 aromatic rings. The molecule has 0 spiro atoms. The second-order valence-electron chi connectivity index (χ2n) is 5.59. The first-order valence-corrected chi connectivity index (χ1v) is 6.96. The maximum Gasteiger partial charge on any atom is 0.134 e. The summed E-state index contributed by atoms with van der Waals surface area (Å²) in [4.78, 5) is 2.55. The van der Waals surface area contributed by atoms with Gasteiger partial charge in [-0.15, -0.1) is 0 Å². The van der Waals surface area contributed by atoms with Crippen molar-refractivity contribution >= 4 is 11.0 Å². The Morgan fingerprint density at radius 3 is 2.56 bits per heavy atom. The molecule has 0 N–H and O–H groups in total. The largest absolute Gasteiger partial charge is 0.461 e. The third kappa shape index (κ3) is 2.17. The van der Waals surface area contributed by atoms with Crippen LogP contribution in [0.15, 0.2) is 34.7 Å². The molecular weight excluding hydrogens is 222 g/mol. The molecule has 1 aromatic carbocycles. The van der Waals surface area contributed by atoms with Crippen LogP contribution in [0.4, 0.5) is 0 Å². The van der Waals surface area contributed by atoms with Crippen molar-refractivity contribution in [3.63, 3.8) is 0 Å². The smallest absolute Gasteiger partial charge is 0.134 e. The summed E-state index contributed by atoms with van der Waals surface area (Å²) in [7, 11) is 0. The van der Waals surface area contributed by atoms with Crippen LogP contribution in [-0.4, -0.2) is 24.0 Å². The van der Waals surface area contributed by atoms with Gasteiger partial charge in [0, 0.05) is 17.3 Å². The van der Waals surface area contributed by atoms with E-state index in [1.54, 1.807) is 0 Å². The van der Waals surface area contributed by atoms with Gasteiger partial charge >= 0.3 is 0 Å². The summed E-state index contributed by atoms with van der Waals surface area (Å²) in [6.45, 7) is 6.95. The highest BCUT2D eigenvalue weighted by atomic mass is 16.3. The fourth-order valence-corrected chi connectivity index (χ4v) is 2.90. The predicted molar refractivity (Wildman–Crippen MR) is 74.9 cm³/mol. The zero-order chi connectivity index (χ0) is 12.5. The first-order chi connectivity index (χ1) is 8.74. The normalized spacial score (nSPS) is 18.8. The number of fused-ring (bicyclic) bond motifs is 1. The molecule has 0 aliphatic carbocycles. The van der Waals surface area contributed by atoms with Crippen molar-refractivity contribution in [1.82, 2.24) is 4.90 Å². The van der Waals surface area contributed by atoms with Gasteiger partial charge in [0.25, 0.3) is 0 Å². The third-order valence-electron chi connectivity index (χ3n) is 4.11. The lowest BCUT2D eigenvalue weighted by Gasteiger charge is -2.33. The molecule has 18 heavy (non-hydrogen) atoms. The zero-order valence-electron chi connectivity index (χ0n) is 11.2. The summed E-state index contributed by atoms with van der Waals surface area (Å²) in [6.07, 6.45) is 2.44. The lowest BCUT2D eigenvalue weighted by molar-refractivity contribution is 0.165. The van der Waals surface area contributed by atoms with Crippen molar-refractivity contribution in [2.45, 2.75) is 38.6 Å². The molecule has 0 saturated carbocycles. The molecule has 1 saturated heterocycles. The van der Waals surface area contributed by atoms with Crippen molar-refractivity contribution < 1.29 is 4.42 Å². The Hall–Kier alpha value is -1.28. The van der Waals surface area contributed by atoms with Gasteiger partial charge in [-0.3, -0.25) is 0 Å². The number of hydrogen-bond donors (Lipinski definition) is 0. The minimum atomic E-state index is 0.604. The van der Waals surface area contributed by atoms with Crippen LogP contribution in [0, 0.1) is 0 Å². The van der Waals surface area contributed by atoms with E-state index in [0.717, 1.165) is 5.58 Å². The number of para-hydroxylation sites is 1. The van der Waals surface area contributed by atoms with Crippen LogP contribution in [-0.2, 0) is 0 Å². The number of furan rings is 1. The molecule has 0 amide bonds. The molecule has 2 heteroatoms. The molecule has 2 nitrogen and oxygen atoms in total. The van der Waals surface area contributed by atoms with Gasteiger partial charge in [-0.2, -0.15) is 0 Å². The number of rotatable bonds is 2. The molecule has 0 unspecified atom stereocenters. The van der Waals surface area contributed by atoms with Gasteiger partial charge in [0.1, 0.15) is 11.3 Å². The number of nitrogens with zero attached hydrogens (tertiary/aromatic N) is 1. The van der Waals surface area contributed by atoms with E-state index in [1.807, 2.05) is 6.07 Å². The van der Waals surface area contributed by atoms with E-state index in [9.17, 15) is 0 Å². The highest BCUT2D eigenvalue weighted by Crippen LogP contribution is 2.32. The summed E-state index contributed by atoms with van der Waals surface area (Å²) in [5, 5.41) is 1.23. The minimum Gasteiger partial charge on any atom is -0.461 e. The van der Waals surface area contributed by atoms with Gasteiger partial charge in [-0.1, -0.05) is 18.2 Å². The molecule has 0 radical (unpaired) electrons. The Kier molecular flexibility index (Phi) is 3.13. The molecule has 3 rings (SSSR count). The van der Waals surface area contributed by atoms with Crippen LogP contribution < -0.4 is 0 Å². The fourth-order valence-electron chi connectivity index (χ4n) is 2.90. The highest BCUT2D eigenvalue weighted by Gasteiger charge is 2.24. The molecule has 1 aliphatic heterocycles. The Morgan fingerprint density at radius 2 is 1.89 bits per heavy atom. The summed E-state index contributed by atoms with van der Waals surface area (Å²) >= 11 is 0. The van der Waals surface area contributed by atoms with Crippen molar-refractivity contribution in [3.05, 3.63) is 36.1 Å². The lowest BCUT2D eigenvalue weighted by atomic mass is 9.93. The third-order valence-corrected chi connectivity index (χ3v) is 4.11. The Morgan fingerprint density at radius 1 is 1.17 bits per heavy atom. The second kappa shape index (κ2) is 4.77. The van der Waals surface area contributed by atoms with E-state index in [4.69, 9.17) is 4.42 Å². The molecule has 0 atom stereocenters. The van der Waals surface area contributed by atoms with Crippen LogP contribution in [0.2, 0.25) is 0 Å². The molecule has 1 aliphatic rings. The highest BCUT2D eigenvalue weighted by molar-refractivity contribution is 5.77. The van der Waals surface area contributed by atoms with Gasteiger partial charge in [0.05, 0.1) is 0 Å². The minimum absolute atomic E-state index is 0.604. The first kappa shape index (κ1) is 11.8. The molecule has 2 heterocycles. The van der Waals surface area contributed by atoms with Gasteiger partial charge in [-0.25, -0.2) is 0 Å². The summed E-state index contributed by atoms with van der Waals surface area (Å²) in [5.74, 6) is 1.78. The maximum atomic E-state index is 5.98. The Bertz CT molecular complexity index is 488. The maximum absolute atomic E-state index is 5.98. The van der Waals surface area contributed by atoms with Gasteiger partial charge < -0.3 is 9.32 Å². The summed E-state index contributed by atoms with van der Waals surface area (Å²) in [5.41, 5.74) is 1.03. The van der Waals surface area contributed by atoms with Crippen LogP contribution in [0.3, 0.4) is 0 Å². The van der Waals surface area contributed by atoms with Crippen molar-refractivity contribution in [2.75, 3.05) is 13.1 Å². The van der Waals surface area contributed by atoms with Gasteiger partial charge in [0.15, 0.2) is 0 Å². The van der Waals surface area contributed by atoms with Crippen molar-refractivity contribution in [2.24, 2.45) is 0 Å². The van der Waals surface area contributed by atoms with Gasteiger partial charge in [0.2, 0.25) is 0 Å². The number of likely N-dealkylation sites (tertiary alicyclic amines) is 1. The monoisotopic (exact) mass is 243 g/mol. The molecule has 0 bridgehead atoms. The van der Waals surface area contributed by atoms with E-state index in [0.29, 0.717) is 12.0 Å².